The van der Waals surface area contributed by atoms with E-state index < -0.39 is 23.6 Å². The van der Waals surface area contributed by atoms with Crippen molar-refractivity contribution in [3.05, 3.63) is 122 Å². The number of hydrogen-bond acceptors (Lipinski definition) is 10. The number of benzene rings is 3. The van der Waals surface area contributed by atoms with Crippen molar-refractivity contribution < 1.29 is 14.7 Å². The standard InChI is InChI=1S/C53H62ClN9O4S/c1-30(2)47(51(67)61-27-39(64)25-45(61)49(65)56-31(3)34-14-16-37(17-15-34)48-32(4)55-29-68-48)62-28-42(58-59-62)36-12-10-33(11-13-36)26-60-22-20-35(21-23-60)38-18-19-43-40(24-38)53(5,6)52-57-50(66)46-41(54)8-7-9-44(46)63(43)52/h7-9,14-19,24,28-31,33,35-36,39,45,47,64H,10-13,20-23,25-27H2,1-6H3,(H,56,65)/t31-,33?,36?,39+,45-,47-/m0/s1. The minimum absolute atomic E-state index is 0.0959. The first-order valence-corrected chi connectivity index (χ1v) is 25.7. The number of carbonyl (C=O) groups is 2. The van der Waals surface area contributed by atoms with Crippen LogP contribution in [0.1, 0.15) is 137 Å². The van der Waals surface area contributed by atoms with E-state index in [2.05, 4.69) is 67.1 Å². The minimum atomic E-state index is -0.792. The molecule has 0 spiro atoms. The Balaban J connectivity index is 0.726. The molecule has 4 aliphatic rings. The van der Waals surface area contributed by atoms with Crippen molar-refractivity contribution in [2.24, 2.45) is 11.8 Å². The fourth-order valence-electron chi connectivity index (χ4n) is 11.7. The lowest BCUT2D eigenvalue weighted by atomic mass is 9.79. The number of nitrogens with one attached hydrogen (secondary N) is 1. The number of thiazole rings is 1. The zero-order valence-electron chi connectivity index (χ0n) is 39.9. The number of carbonyl (C=O) groups excluding carboxylic acids is 2. The van der Waals surface area contributed by atoms with E-state index >= 15 is 0 Å². The van der Waals surface area contributed by atoms with Gasteiger partial charge in [-0.2, -0.15) is 4.98 Å². The molecule has 2 N–H and O–H groups in total. The molecule has 0 radical (unpaired) electrons. The first kappa shape index (κ1) is 46.4. The summed E-state index contributed by atoms with van der Waals surface area (Å²) in [7, 11) is 0. The molecular formula is C53H62ClN9O4S. The number of rotatable bonds is 11. The Kier molecular flexibility index (Phi) is 12.7. The van der Waals surface area contributed by atoms with Gasteiger partial charge < -0.3 is 20.2 Å². The van der Waals surface area contributed by atoms with Gasteiger partial charge in [0.05, 0.1) is 60.9 Å². The average Bonchev–Trinajstić information content (AvgIpc) is 4.12. The van der Waals surface area contributed by atoms with Crippen LogP contribution < -0.4 is 10.9 Å². The Morgan fingerprint density at radius 3 is 2.43 bits per heavy atom. The normalized spacial score (nSPS) is 22.6. The van der Waals surface area contributed by atoms with Gasteiger partial charge in [0.2, 0.25) is 11.8 Å². The fourth-order valence-corrected chi connectivity index (χ4v) is 12.7. The summed E-state index contributed by atoms with van der Waals surface area (Å²) in [4.78, 5) is 55.6. The highest BCUT2D eigenvalue weighted by Gasteiger charge is 2.44. The number of β-amino-alcohol motifs (C(OH)–C–C–N with tert-alkyl or cyclic N) is 1. The quantitative estimate of drug-likeness (QED) is 0.130. The van der Waals surface area contributed by atoms with Crippen molar-refractivity contribution in [3.63, 3.8) is 0 Å². The molecule has 2 saturated heterocycles. The number of aliphatic hydroxyl groups excluding tert-OH is 1. The molecule has 1 aliphatic carbocycles. The van der Waals surface area contributed by atoms with E-state index in [-0.39, 0.29) is 48.2 Å². The first-order chi connectivity index (χ1) is 32.7. The molecule has 68 heavy (non-hydrogen) atoms. The maximum absolute atomic E-state index is 14.4. The summed E-state index contributed by atoms with van der Waals surface area (Å²) in [5.41, 5.74) is 9.53. The lowest BCUT2D eigenvalue weighted by Crippen LogP contribution is -2.49. The van der Waals surface area contributed by atoms with Gasteiger partial charge in [-0.3, -0.25) is 19.0 Å². The van der Waals surface area contributed by atoms with E-state index in [0.29, 0.717) is 22.2 Å². The second-order valence-electron chi connectivity index (χ2n) is 20.7. The minimum Gasteiger partial charge on any atom is -0.391 e. The van der Waals surface area contributed by atoms with Crippen molar-refractivity contribution in [2.75, 3.05) is 26.2 Å². The van der Waals surface area contributed by atoms with Crippen LogP contribution in [0.4, 0.5) is 0 Å². The largest absolute Gasteiger partial charge is 0.391 e. The third-order valence-corrected chi connectivity index (χ3v) is 16.8. The Morgan fingerprint density at radius 1 is 0.971 bits per heavy atom. The lowest BCUT2D eigenvalue weighted by molar-refractivity contribution is -0.142. The molecule has 13 nitrogen and oxygen atoms in total. The van der Waals surface area contributed by atoms with Crippen molar-refractivity contribution in [3.8, 4) is 16.1 Å². The van der Waals surface area contributed by atoms with Crippen molar-refractivity contribution in [1.82, 2.24) is 44.6 Å². The van der Waals surface area contributed by atoms with E-state index in [1.54, 1.807) is 27.0 Å². The Bertz CT molecular complexity index is 2910. The number of piperidine rings is 1. The molecule has 6 aromatic rings. The number of aromatic nitrogens is 6. The SMILES string of the molecule is Cc1ncsc1-c1ccc([C@H](C)NC(=O)[C@@H]2C[C@@H](O)CN2C(=O)[C@H](C(C)C)n2cc(C3CCC(CN4CCC(c5ccc6c(c5)C(C)(C)c5nc(=O)c7c(Cl)cccc7n5-6)CC4)CC3)nn2)cc1. The van der Waals surface area contributed by atoms with Gasteiger partial charge in [-0.1, -0.05) is 73.1 Å². The van der Waals surface area contributed by atoms with Gasteiger partial charge in [0.15, 0.2) is 0 Å². The molecule has 3 aromatic carbocycles. The number of aliphatic hydroxyl groups is 1. The highest BCUT2D eigenvalue weighted by atomic mass is 35.5. The van der Waals surface area contributed by atoms with E-state index in [1.807, 2.05) is 75.8 Å². The van der Waals surface area contributed by atoms with E-state index in [0.717, 1.165) is 103 Å². The molecule has 3 aliphatic heterocycles. The number of fused-ring (bicyclic) bond motifs is 5. The Hall–Kier alpha value is -5.28. The average molecular weight is 957 g/mol. The molecule has 10 rings (SSSR count). The van der Waals surface area contributed by atoms with E-state index in [4.69, 9.17) is 11.6 Å². The molecule has 1 saturated carbocycles. The van der Waals surface area contributed by atoms with Gasteiger partial charge in [-0.05, 0) is 138 Å². The molecule has 356 valence electrons. The summed E-state index contributed by atoms with van der Waals surface area (Å²) in [6.45, 7) is 15.6. The van der Waals surface area contributed by atoms with E-state index in [9.17, 15) is 19.5 Å². The summed E-state index contributed by atoms with van der Waals surface area (Å²) in [6.07, 6.45) is 7.87. The van der Waals surface area contributed by atoms with Gasteiger partial charge in [-0.25, -0.2) is 9.67 Å². The topological polar surface area (TPSA) is 151 Å². The predicted molar refractivity (Wildman–Crippen MR) is 266 cm³/mol. The lowest BCUT2D eigenvalue weighted by Gasteiger charge is -2.36. The molecule has 3 aromatic heterocycles. The van der Waals surface area contributed by atoms with E-state index in [1.165, 1.54) is 11.1 Å². The van der Waals surface area contributed by atoms with Crippen molar-refractivity contribution in [2.45, 2.75) is 128 Å². The van der Waals surface area contributed by atoms with Crippen molar-refractivity contribution >= 4 is 45.7 Å². The van der Waals surface area contributed by atoms with Gasteiger partial charge in [0.1, 0.15) is 17.9 Å². The molecule has 4 atom stereocenters. The molecule has 0 unspecified atom stereocenters. The number of aryl methyl sites for hydroxylation is 1. The molecule has 2 amide bonds. The maximum atomic E-state index is 14.4. The van der Waals surface area contributed by atoms with Crippen LogP contribution in [0.15, 0.2) is 77.2 Å². The van der Waals surface area contributed by atoms with Crippen LogP contribution in [0.2, 0.25) is 5.02 Å². The number of halogens is 1. The smallest absolute Gasteiger partial charge is 0.282 e. The Morgan fingerprint density at radius 2 is 1.72 bits per heavy atom. The monoisotopic (exact) mass is 955 g/mol. The zero-order valence-corrected chi connectivity index (χ0v) is 41.4. The van der Waals surface area contributed by atoms with Gasteiger partial charge in [0.25, 0.3) is 5.56 Å². The second kappa shape index (κ2) is 18.6. The summed E-state index contributed by atoms with van der Waals surface area (Å²) in [5, 5.41) is 24.0. The van der Waals surface area contributed by atoms with Crippen LogP contribution in [0.3, 0.4) is 0 Å². The summed E-state index contributed by atoms with van der Waals surface area (Å²) < 4.78 is 3.82. The molecular weight excluding hydrogens is 894 g/mol. The molecule has 15 heteroatoms. The van der Waals surface area contributed by atoms with Crippen LogP contribution in [0.5, 0.6) is 0 Å². The molecule has 6 heterocycles. The van der Waals surface area contributed by atoms with Gasteiger partial charge in [0, 0.05) is 31.6 Å². The number of likely N-dealkylation sites (tertiary alicyclic amines) is 2. The third kappa shape index (κ3) is 8.60. The summed E-state index contributed by atoms with van der Waals surface area (Å²) in [5.74, 6) is 1.53. The summed E-state index contributed by atoms with van der Waals surface area (Å²) in [6, 6.07) is 18.8. The summed E-state index contributed by atoms with van der Waals surface area (Å²) >= 11 is 8.10. The number of nitrogens with zero attached hydrogens (tertiary/aromatic N) is 8. The van der Waals surface area contributed by atoms with Gasteiger partial charge in [-0.15, -0.1) is 16.4 Å². The third-order valence-electron chi connectivity index (χ3n) is 15.5. The number of hydrogen-bond donors (Lipinski definition) is 2. The maximum Gasteiger partial charge on any atom is 0.282 e. The van der Waals surface area contributed by atoms with Crippen LogP contribution >= 0.6 is 22.9 Å². The highest BCUT2D eigenvalue weighted by Crippen LogP contribution is 2.45. The predicted octanol–water partition coefficient (Wildman–Crippen LogP) is 8.89. The fraction of sp³-hybridized carbons (Fsp3) is 0.491. The first-order valence-electron chi connectivity index (χ1n) is 24.5. The molecule has 3 fully saturated rings. The van der Waals surface area contributed by atoms with Crippen molar-refractivity contribution in [1.29, 1.82) is 0 Å². The van der Waals surface area contributed by atoms with Crippen LogP contribution in [0.25, 0.3) is 27.0 Å². The second-order valence-corrected chi connectivity index (χ2v) is 22.0. The highest BCUT2D eigenvalue weighted by molar-refractivity contribution is 7.13. The van der Waals surface area contributed by atoms with Gasteiger partial charge >= 0.3 is 0 Å². The zero-order chi connectivity index (χ0) is 47.6. The Labute approximate surface area is 406 Å². The number of amides is 2. The van der Waals surface area contributed by atoms with Crippen LogP contribution in [-0.4, -0.2) is 94.6 Å². The van der Waals surface area contributed by atoms with Crippen LogP contribution in [-0.2, 0) is 15.0 Å². The van der Waals surface area contributed by atoms with Crippen LogP contribution in [0, 0.1) is 18.8 Å². The molecule has 0 bridgehead atoms.